The number of hydrogen-bond donors (Lipinski definition) is 2. The highest BCUT2D eigenvalue weighted by Gasteiger charge is 2.55. The Kier molecular flexibility index (Phi) is 8.95. The summed E-state index contributed by atoms with van der Waals surface area (Å²) < 4.78 is 114. The minimum Gasteiger partial charge on any atom is -0.378 e. The van der Waals surface area contributed by atoms with Crippen LogP contribution in [-0.2, 0) is 29.6 Å². The topological polar surface area (TPSA) is 80.0 Å². The van der Waals surface area contributed by atoms with Crippen LogP contribution < -0.4 is 5.32 Å². The summed E-state index contributed by atoms with van der Waals surface area (Å²) in [7, 11) is 0. The molecule has 3 aromatic rings. The van der Waals surface area contributed by atoms with E-state index in [4.69, 9.17) is 0 Å². The van der Waals surface area contributed by atoms with Gasteiger partial charge in [0.15, 0.2) is 0 Å². The molecule has 0 saturated heterocycles. The molecule has 43 heavy (non-hydrogen) atoms. The van der Waals surface area contributed by atoms with Crippen molar-refractivity contribution in [2.45, 2.75) is 69.6 Å². The van der Waals surface area contributed by atoms with Crippen LogP contribution in [0.15, 0.2) is 34.9 Å². The fraction of sp³-hybridized carbons (Fsp3) is 0.393. The average molecular weight is 679 g/mol. The van der Waals surface area contributed by atoms with E-state index in [0.717, 1.165) is 12.1 Å². The Bertz CT molecular complexity index is 1590. The molecule has 1 aliphatic carbocycles. The summed E-state index contributed by atoms with van der Waals surface area (Å²) in [4.78, 5) is 17.4. The van der Waals surface area contributed by atoms with Crippen molar-refractivity contribution in [1.29, 1.82) is 0 Å². The average Bonchev–Trinajstić information content (AvgIpc) is 3.26. The lowest BCUT2D eigenvalue weighted by molar-refractivity contribution is -0.123. The maximum Gasteiger partial charge on any atom is 0.290 e. The van der Waals surface area contributed by atoms with Crippen molar-refractivity contribution < 1.29 is 45.0 Å². The lowest BCUT2D eigenvalue weighted by Crippen LogP contribution is -2.37. The van der Waals surface area contributed by atoms with E-state index >= 15 is 0 Å². The fourth-order valence-electron chi connectivity index (χ4n) is 4.59. The van der Waals surface area contributed by atoms with Crippen LogP contribution in [0.2, 0.25) is 0 Å². The molecule has 2 heterocycles. The van der Waals surface area contributed by atoms with Gasteiger partial charge >= 0.3 is 0 Å². The third-order valence-electron chi connectivity index (χ3n) is 6.35. The molecule has 1 aromatic carbocycles. The SMILES string of the molecule is CC(C)(O)C#Cc1cnc(C(Cc2cc(F)cc(F)c2)NC(=O)Cn2nc(C(F)F)c3c2C(F)(F)CCC3(F)F)c(Br)c1. The Morgan fingerprint density at radius 2 is 1.72 bits per heavy atom. The van der Waals surface area contributed by atoms with E-state index in [1.54, 1.807) is 0 Å². The van der Waals surface area contributed by atoms with Crippen molar-refractivity contribution in [3.05, 3.63) is 80.3 Å². The third kappa shape index (κ3) is 7.53. The number of fused-ring (bicyclic) bond motifs is 1. The Labute approximate surface area is 248 Å². The summed E-state index contributed by atoms with van der Waals surface area (Å²) in [6.45, 7) is 1.76. The molecule has 0 bridgehead atoms. The molecule has 0 fully saturated rings. The standard InChI is InChI=1S/C28H23BrF8N4O2/c1-26(2,43)4-3-14-9-18(29)22(38-12-14)19(10-15-7-16(30)11-17(31)8-15)39-20(42)13-41-24-21(23(40-41)25(32)33)27(34,35)5-6-28(24,36)37/h7-9,11-12,19,25,43H,5-6,10,13H2,1-2H3,(H,39,42). The number of nitrogens with zero attached hydrogens (tertiary/aromatic N) is 3. The van der Waals surface area contributed by atoms with Gasteiger partial charge in [-0.1, -0.05) is 11.8 Å². The van der Waals surface area contributed by atoms with Crippen LogP contribution in [0.3, 0.4) is 0 Å². The predicted octanol–water partition coefficient (Wildman–Crippen LogP) is 6.46. The number of rotatable bonds is 7. The number of alkyl halides is 6. The van der Waals surface area contributed by atoms with Gasteiger partial charge in [0.05, 0.1) is 17.3 Å². The summed E-state index contributed by atoms with van der Waals surface area (Å²) in [5.74, 6) is -5.66. The molecule has 0 spiro atoms. The quantitative estimate of drug-likeness (QED) is 0.222. The minimum atomic E-state index is -4.02. The molecule has 1 unspecified atom stereocenters. The second kappa shape index (κ2) is 11.9. The summed E-state index contributed by atoms with van der Waals surface area (Å²) >= 11 is 3.29. The monoisotopic (exact) mass is 678 g/mol. The second-order valence-corrected chi connectivity index (χ2v) is 11.3. The number of carbonyl (C=O) groups excluding carboxylic acids is 1. The van der Waals surface area contributed by atoms with Crippen molar-refractivity contribution in [3.8, 4) is 11.8 Å². The first kappa shape index (κ1) is 32.4. The highest BCUT2D eigenvalue weighted by Crippen LogP contribution is 2.52. The molecule has 1 amide bonds. The van der Waals surface area contributed by atoms with E-state index in [1.165, 1.54) is 26.1 Å². The van der Waals surface area contributed by atoms with Gasteiger partial charge in [0.1, 0.15) is 35.2 Å². The van der Waals surface area contributed by atoms with Crippen molar-refractivity contribution in [2.24, 2.45) is 0 Å². The van der Waals surface area contributed by atoms with E-state index in [0.29, 0.717) is 11.6 Å². The molecule has 2 N–H and O–H groups in total. The van der Waals surface area contributed by atoms with Crippen molar-refractivity contribution in [1.82, 2.24) is 20.1 Å². The molecule has 2 aromatic heterocycles. The maximum atomic E-state index is 14.8. The first-order chi connectivity index (χ1) is 19.9. The molecule has 4 rings (SSSR count). The van der Waals surface area contributed by atoms with Crippen molar-refractivity contribution in [3.63, 3.8) is 0 Å². The Morgan fingerprint density at radius 3 is 2.30 bits per heavy atom. The van der Waals surface area contributed by atoms with Crippen molar-refractivity contribution in [2.75, 3.05) is 0 Å². The van der Waals surface area contributed by atoms with Gasteiger partial charge < -0.3 is 10.4 Å². The van der Waals surface area contributed by atoms with E-state index in [9.17, 15) is 45.0 Å². The number of carbonyl (C=O) groups is 1. The van der Waals surface area contributed by atoms with E-state index in [1.807, 2.05) is 0 Å². The number of hydrogen-bond acceptors (Lipinski definition) is 4. The Hall–Kier alpha value is -3.51. The van der Waals surface area contributed by atoms with Gasteiger partial charge in [-0.3, -0.25) is 14.5 Å². The number of aromatic nitrogens is 3. The zero-order chi connectivity index (χ0) is 31.9. The van der Waals surface area contributed by atoms with Crippen LogP contribution in [0, 0.1) is 23.5 Å². The summed E-state index contributed by atoms with van der Waals surface area (Å²) in [6, 6.07) is 2.89. The molecular weight excluding hydrogens is 656 g/mol. The smallest absolute Gasteiger partial charge is 0.290 e. The van der Waals surface area contributed by atoms with Crippen LogP contribution in [0.4, 0.5) is 35.1 Å². The van der Waals surface area contributed by atoms with Crippen LogP contribution in [0.1, 0.15) is 72.9 Å². The zero-order valence-electron chi connectivity index (χ0n) is 22.5. The van der Waals surface area contributed by atoms with Gasteiger partial charge in [0.2, 0.25) is 5.91 Å². The van der Waals surface area contributed by atoms with Crippen LogP contribution in [-0.4, -0.2) is 31.4 Å². The van der Waals surface area contributed by atoms with Gasteiger partial charge in [-0.05, 0) is 60.0 Å². The third-order valence-corrected chi connectivity index (χ3v) is 6.99. The lowest BCUT2D eigenvalue weighted by Gasteiger charge is -2.29. The first-order valence-corrected chi connectivity index (χ1v) is 13.5. The first-order valence-electron chi connectivity index (χ1n) is 12.7. The summed E-state index contributed by atoms with van der Waals surface area (Å²) in [5.41, 5.74) is -5.46. The summed E-state index contributed by atoms with van der Waals surface area (Å²) in [6.07, 6.45) is -5.35. The predicted molar refractivity (Wildman–Crippen MR) is 140 cm³/mol. The number of aliphatic hydroxyl groups is 1. The largest absolute Gasteiger partial charge is 0.378 e. The fourth-order valence-corrected chi connectivity index (χ4v) is 5.22. The molecule has 230 valence electrons. The molecular formula is C28H23BrF8N4O2. The Balaban J connectivity index is 1.70. The van der Waals surface area contributed by atoms with Crippen LogP contribution in [0.5, 0.6) is 0 Å². The normalized spacial score (nSPS) is 16.3. The molecule has 0 saturated carbocycles. The van der Waals surface area contributed by atoms with Gasteiger partial charge in [-0.25, -0.2) is 26.3 Å². The molecule has 1 aliphatic rings. The zero-order valence-corrected chi connectivity index (χ0v) is 24.1. The molecule has 15 heteroatoms. The van der Waals surface area contributed by atoms with Crippen LogP contribution >= 0.6 is 15.9 Å². The molecule has 1 atom stereocenters. The maximum absolute atomic E-state index is 14.8. The minimum absolute atomic E-state index is 0.0602. The number of nitrogens with one attached hydrogen (secondary N) is 1. The number of amides is 1. The van der Waals surface area contributed by atoms with E-state index < -0.39 is 83.8 Å². The Morgan fingerprint density at radius 1 is 1.09 bits per heavy atom. The summed E-state index contributed by atoms with van der Waals surface area (Å²) in [5, 5.41) is 15.5. The van der Waals surface area contributed by atoms with Gasteiger partial charge in [-0.15, -0.1) is 0 Å². The van der Waals surface area contributed by atoms with E-state index in [-0.39, 0.29) is 26.8 Å². The van der Waals surface area contributed by atoms with Gasteiger partial charge in [0.25, 0.3) is 18.3 Å². The van der Waals surface area contributed by atoms with Gasteiger partial charge in [-0.2, -0.15) is 13.9 Å². The number of halogens is 9. The number of pyridine rings is 1. The number of benzene rings is 1. The van der Waals surface area contributed by atoms with Gasteiger partial charge in [0, 0.05) is 35.1 Å². The van der Waals surface area contributed by atoms with Crippen LogP contribution in [0.25, 0.3) is 0 Å². The highest BCUT2D eigenvalue weighted by atomic mass is 79.9. The van der Waals surface area contributed by atoms with Crippen molar-refractivity contribution >= 4 is 21.8 Å². The highest BCUT2D eigenvalue weighted by molar-refractivity contribution is 9.10. The second-order valence-electron chi connectivity index (χ2n) is 10.5. The lowest BCUT2D eigenvalue weighted by atomic mass is 9.89. The molecule has 6 nitrogen and oxygen atoms in total. The molecule has 0 radical (unpaired) electrons. The molecule has 0 aliphatic heterocycles. The van der Waals surface area contributed by atoms with E-state index in [2.05, 4.69) is 43.2 Å².